The molecule has 1 aliphatic rings. The number of amides is 1. The molecule has 0 bridgehead atoms. The van der Waals surface area contributed by atoms with E-state index in [9.17, 15) is 9.59 Å². The first-order valence-corrected chi connectivity index (χ1v) is 7.53. The minimum atomic E-state index is -0.128. The molecule has 6 heteroatoms. The topological polar surface area (TPSA) is 90.6 Å². The van der Waals surface area contributed by atoms with Crippen molar-refractivity contribution in [2.75, 3.05) is 0 Å². The largest absolute Gasteiger partial charge is 0.352 e. The predicted octanol–water partition coefficient (Wildman–Crippen LogP) is 1.14. The lowest BCUT2D eigenvalue weighted by molar-refractivity contribution is -0.125. The molecule has 0 fully saturated rings. The summed E-state index contributed by atoms with van der Waals surface area (Å²) in [4.78, 5) is 34.4. The average molecular weight is 300 g/mol. The van der Waals surface area contributed by atoms with Gasteiger partial charge in [0.15, 0.2) is 0 Å². The third-order valence-electron chi connectivity index (χ3n) is 4.29. The molecule has 2 heterocycles. The van der Waals surface area contributed by atoms with Crippen LogP contribution in [0.1, 0.15) is 34.6 Å². The van der Waals surface area contributed by atoms with Gasteiger partial charge in [0.2, 0.25) is 5.91 Å². The van der Waals surface area contributed by atoms with Gasteiger partial charge in [-0.25, -0.2) is 4.98 Å². The lowest BCUT2D eigenvalue weighted by Gasteiger charge is -2.20. The summed E-state index contributed by atoms with van der Waals surface area (Å²) in [7, 11) is 0. The number of carbonyl (C=O) groups excluding carboxylic acids is 1. The van der Waals surface area contributed by atoms with Crippen molar-refractivity contribution in [1.29, 1.82) is 0 Å². The van der Waals surface area contributed by atoms with Crippen molar-refractivity contribution in [3.63, 3.8) is 0 Å². The summed E-state index contributed by atoms with van der Waals surface area (Å²) in [5.74, 6) is -0.0580. The summed E-state index contributed by atoms with van der Waals surface area (Å²) in [5.41, 5.74) is 4.35. The number of fused-ring (bicyclic) bond motifs is 1. The van der Waals surface area contributed by atoms with Crippen molar-refractivity contribution in [1.82, 2.24) is 20.3 Å². The van der Waals surface area contributed by atoms with Gasteiger partial charge in [-0.1, -0.05) is 0 Å². The first-order valence-electron chi connectivity index (χ1n) is 7.53. The highest BCUT2D eigenvalue weighted by Crippen LogP contribution is 2.22. The second-order valence-electron chi connectivity index (χ2n) is 5.93. The molecule has 0 aliphatic heterocycles. The fraction of sp³-hybridized carbons (Fsp3) is 0.438. The minimum absolute atomic E-state index is 0.000347. The van der Waals surface area contributed by atoms with Crippen molar-refractivity contribution in [2.45, 2.75) is 39.7 Å². The molecule has 2 aromatic rings. The number of pyridine rings is 1. The molecule has 6 nitrogen and oxygen atoms in total. The summed E-state index contributed by atoms with van der Waals surface area (Å²) in [6, 6.07) is 1.92. The number of nitrogens with one attached hydrogen (secondary N) is 3. The number of H-pyrrole nitrogens is 2. The van der Waals surface area contributed by atoms with E-state index >= 15 is 0 Å². The zero-order chi connectivity index (χ0) is 15.7. The molecule has 2 aromatic heterocycles. The minimum Gasteiger partial charge on any atom is -0.352 e. The Morgan fingerprint density at radius 1 is 1.45 bits per heavy atom. The van der Waals surface area contributed by atoms with Crippen LogP contribution >= 0.6 is 0 Å². The van der Waals surface area contributed by atoms with Gasteiger partial charge in [0.1, 0.15) is 0 Å². The Morgan fingerprint density at radius 2 is 2.27 bits per heavy atom. The van der Waals surface area contributed by atoms with Gasteiger partial charge in [0.25, 0.3) is 5.56 Å². The van der Waals surface area contributed by atoms with Gasteiger partial charge >= 0.3 is 0 Å². The van der Waals surface area contributed by atoms with E-state index in [0.29, 0.717) is 12.0 Å². The first kappa shape index (κ1) is 14.6. The quantitative estimate of drug-likeness (QED) is 0.794. The molecule has 116 valence electrons. The van der Waals surface area contributed by atoms with Gasteiger partial charge in [-0.2, -0.15) is 0 Å². The maximum absolute atomic E-state index is 12.3. The van der Waals surface area contributed by atoms with Crippen LogP contribution in [-0.2, 0) is 24.2 Å². The Balaban J connectivity index is 1.65. The summed E-state index contributed by atoms with van der Waals surface area (Å²) in [6.07, 6.45) is 3.98. The Hall–Kier alpha value is -2.37. The molecule has 0 saturated carbocycles. The molecule has 1 aliphatic carbocycles. The van der Waals surface area contributed by atoms with Crippen molar-refractivity contribution in [3.8, 4) is 0 Å². The number of aromatic nitrogens is 3. The molecule has 1 amide bonds. The molecular weight excluding hydrogens is 280 g/mol. The molecule has 0 radical (unpaired) electrons. The summed E-state index contributed by atoms with van der Waals surface area (Å²) < 4.78 is 0. The molecule has 0 saturated heterocycles. The standard InChI is InChI=1S/C16H20N4O2/c1-9-5-10(2)20-16(22)12(9)7-17-15(21)11-3-4-13-14(6-11)19-8-18-13/h5,8,11H,3-4,6-7H2,1-2H3,(H,17,21)(H,18,19)(H,20,22). The zero-order valence-corrected chi connectivity index (χ0v) is 12.8. The van der Waals surface area contributed by atoms with Crippen molar-refractivity contribution in [3.05, 3.63) is 51.0 Å². The van der Waals surface area contributed by atoms with Crippen LogP contribution in [0, 0.1) is 19.8 Å². The van der Waals surface area contributed by atoms with E-state index in [4.69, 9.17) is 0 Å². The number of rotatable bonds is 3. The third kappa shape index (κ3) is 2.81. The maximum atomic E-state index is 12.3. The third-order valence-corrected chi connectivity index (χ3v) is 4.29. The van der Waals surface area contributed by atoms with E-state index in [1.807, 2.05) is 19.9 Å². The normalized spacial score (nSPS) is 17.1. The molecule has 0 aromatic carbocycles. The Labute approximate surface area is 128 Å². The molecular formula is C16H20N4O2. The summed E-state index contributed by atoms with van der Waals surface area (Å²) in [6.45, 7) is 4.01. The highest BCUT2D eigenvalue weighted by Gasteiger charge is 2.26. The molecule has 3 rings (SSSR count). The van der Waals surface area contributed by atoms with Crippen LogP contribution < -0.4 is 10.9 Å². The predicted molar refractivity (Wildman–Crippen MR) is 82.5 cm³/mol. The lowest BCUT2D eigenvalue weighted by atomic mass is 9.89. The smallest absolute Gasteiger partial charge is 0.253 e. The highest BCUT2D eigenvalue weighted by molar-refractivity contribution is 5.79. The van der Waals surface area contributed by atoms with Crippen LogP contribution in [0.3, 0.4) is 0 Å². The number of imidazole rings is 1. The van der Waals surface area contributed by atoms with Gasteiger partial charge in [0.05, 0.1) is 12.0 Å². The number of nitrogens with zero attached hydrogens (tertiary/aromatic N) is 1. The SMILES string of the molecule is Cc1cc(C)c(CNC(=O)C2CCc3nc[nH]c3C2)c(=O)[nH]1. The van der Waals surface area contributed by atoms with Gasteiger partial charge in [0, 0.05) is 35.8 Å². The highest BCUT2D eigenvalue weighted by atomic mass is 16.2. The number of carbonyl (C=O) groups is 1. The monoisotopic (exact) mass is 300 g/mol. The van der Waals surface area contributed by atoms with Crippen LogP contribution in [0.15, 0.2) is 17.2 Å². The number of hydrogen-bond donors (Lipinski definition) is 3. The van der Waals surface area contributed by atoms with E-state index in [-0.39, 0.29) is 23.9 Å². The van der Waals surface area contributed by atoms with E-state index < -0.39 is 0 Å². The van der Waals surface area contributed by atoms with E-state index in [1.165, 1.54) is 0 Å². The van der Waals surface area contributed by atoms with Gasteiger partial charge in [-0.05, 0) is 38.3 Å². The second kappa shape index (κ2) is 5.79. The van der Waals surface area contributed by atoms with Crippen molar-refractivity contribution >= 4 is 5.91 Å². The number of hydrogen-bond acceptors (Lipinski definition) is 3. The summed E-state index contributed by atoms with van der Waals surface area (Å²) >= 11 is 0. The van der Waals surface area contributed by atoms with Crippen LogP contribution in [0.25, 0.3) is 0 Å². The van der Waals surface area contributed by atoms with Crippen molar-refractivity contribution in [2.24, 2.45) is 5.92 Å². The molecule has 1 unspecified atom stereocenters. The second-order valence-corrected chi connectivity index (χ2v) is 5.93. The molecule has 1 atom stereocenters. The Morgan fingerprint density at radius 3 is 3.05 bits per heavy atom. The molecule has 22 heavy (non-hydrogen) atoms. The zero-order valence-electron chi connectivity index (χ0n) is 12.8. The van der Waals surface area contributed by atoms with E-state index in [2.05, 4.69) is 20.3 Å². The Kier molecular flexibility index (Phi) is 3.83. The number of aromatic amines is 2. The fourth-order valence-corrected chi connectivity index (χ4v) is 3.05. The van der Waals surface area contributed by atoms with Crippen LogP contribution in [-0.4, -0.2) is 20.9 Å². The fourth-order valence-electron chi connectivity index (χ4n) is 3.05. The van der Waals surface area contributed by atoms with Crippen molar-refractivity contribution < 1.29 is 4.79 Å². The molecule has 3 N–H and O–H groups in total. The Bertz CT molecular complexity index is 760. The average Bonchev–Trinajstić information content (AvgIpc) is 2.93. The van der Waals surface area contributed by atoms with Crippen LogP contribution in [0.4, 0.5) is 0 Å². The van der Waals surface area contributed by atoms with E-state index in [1.54, 1.807) is 6.33 Å². The number of aryl methyl sites for hydroxylation is 3. The van der Waals surface area contributed by atoms with Crippen LogP contribution in [0.5, 0.6) is 0 Å². The summed E-state index contributed by atoms with van der Waals surface area (Å²) in [5, 5.41) is 2.90. The maximum Gasteiger partial charge on any atom is 0.253 e. The van der Waals surface area contributed by atoms with Crippen LogP contribution in [0.2, 0.25) is 0 Å². The van der Waals surface area contributed by atoms with Gasteiger partial charge in [-0.15, -0.1) is 0 Å². The van der Waals surface area contributed by atoms with E-state index in [0.717, 1.165) is 35.5 Å². The van der Waals surface area contributed by atoms with Gasteiger partial charge in [-0.3, -0.25) is 9.59 Å². The molecule has 0 spiro atoms. The first-order chi connectivity index (χ1) is 10.5. The van der Waals surface area contributed by atoms with Gasteiger partial charge < -0.3 is 15.3 Å². The lowest BCUT2D eigenvalue weighted by Crippen LogP contribution is -2.35.